The van der Waals surface area contributed by atoms with Gasteiger partial charge in [0.05, 0.1) is 17.3 Å². The molecule has 2 amide bonds. The summed E-state index contributed by atoms with van der Waals surface area (Å²) in [6, 6.07) is 10.9. The van der Waals surface area contributed by atoms with Crippen LogP contribution in [0.5, 0.6) is 0 Å². The van der Waals surface area contributed by atoms with Gasteiger partial charge in [-0.25, -0.2) is 9.78 Å². The molecule has 1 aromatic carbocycles. The fourth-order valence-corrected chi connectivity index (χ4v) is 4.81. The van der Waals surface area contributed by atoms with Crippen molar-refractivity contribution >= 4 is 34.8 Å². The Bertz CT molecular complexity index is 1140. The first-order chi connectivity index (χ1) is 14.0. The maximum atomic E-state index is 12.6. The predicted molar refractivity (Wildman–Crippen MR) is 105 cm³/mol. The summed E-state index contributed by atoms with van der Waals surface area (Å²) in [4.78, 5) is 44.0. The van der Waals surface area contributed by atoms with Crippen LogP contribution in [0.3, 0.4) is 0 Å². The number of carbonyl (C=O) groups is 3. The minimum Gasteiger partial charge on any atom is -0.477 e. The van der Waals surface area contributed by atoms with Gasteiger partial charge in [-0.15, -0.1) is 0 Å². The number of para-hydroxylation sites is 1. The molecule has 2 aromatic rings. The number of carbonyl (C=O) groups excluding carboxylic acids is 2. The molecule has 4 heterocycles. The van der Waals surface area contributed by atoms with E-state index in [-0.39, 0.29) is 29.5 Å². The van der Waals surface area contributed by atoms with E-state index in [9.17, 15) is 19.5 Å². The van der Waals surface area contributed by atoms with Crippen molar-refractivity contribution in [3.63, 3.8) is 0 Å². The molecule has 0 bridgehead atoms. The number of hydrogen-bond acceptors (Lipinski definition) is 4. The summed E-state index contributed by atoms with van der Waals surface area (Å²) < 4.78 is 0. The van der Waals surface area contributed by atoms with E-state index in [0.717, 1.165) is 10.9 Å². The molecule has 146 valence electrons. The zero-order valence-corrected chi connectivity index (χ0v) is 15.8. The van der Waals surface area contributed by atoms with E-state index < -0.39 is 12.0 Å². The minimum absolute atomic E-state index is 0.0231. The molecule has 1 aromatic heterocycles. The summed E-state index contributed by atoms with van der Waals surface area (Å²) in [7, 11) is 0. The Hall–Kier alpha value is -3.48. The van der Waals surface area contributed by atoms with Crippen molar-refractivity contribution in [3.05, 3.63) is 59.4 Å². The summed E-state index contributed by atoms with van der Waals surface area (Å²) in [5.74, 6) is -1.53. The molecule has 2 saturated heterocycles. The van der Waals surface area contributed by atoms with E-state index in [1.807, 2.05) is 36.4 Å². The minimum atomic E-state index is -1.12. The normalized spacial score (nSPS) is 25.6. The van der Waals surface area contributed by atoms with Crippen molar-refractivity contribution in [2.24, 2.45) is 5.92 Å². The molecular weight excluding hydrogens is 370 g/mol. The highest BCUT2D eigenvalue weighted by Gasteiger charge is 2.63. The van der Waals surface area contributed by atoms with Gasteiger partial charge in [-0.3, -0.25) is 14.5 Å². The van der Waals surface area contributed by atoms with Crippen molar-refractivity contribution in [2.45, 2.75) is 25.4 Å². The molecule has 5 rings (SSSR count). The highest BCUT2D eigenvalue weighted by molar-refractivity contribution is 6.02. The number of aliphatic carboxylic acids is 1. The van der Waals surface area contributed by atoms with E-state index in [0.29, 0.717) is 24.2 Å². The summed E-state index contributed by atoms with van der Waals surface area (Å²) in [5.41, 5.74) is 2.19. The third-order valence-corrected chi connectivity index (χ3v) is 6.07. The molecule has 3 atom stereocenters. The molecule has 3 aliphatic heterocycles. The Morgan fingerprint density at radius 3 is 2.72 bits per heavy atom. The van der Waals surface area contributed by atoms with Crippen molar-refractivity contribution in [1.82, 2.24) is 14.8 Å². The lowest BCUT2D eigenvalue weighted by Crippen LogP contribution is -2.69. The van der Waals surface area contributed by atoms with Gasteiger partial charge in [0.25, 0.3) is 5.91 Å². The Morgan fingerprint density at radius 1 is 1.17 bits per heavy atom. The van der Waals surface area contributed by atoms with Gasteiger partial charge in [-0.1, -0.05) is 30.3 Å². The number of amides is 2. The summed E-state index contributed by atoms with van der Waals surface area (Å²) in [6.07, 6.45) is 4.04. The van der Waals surface area contributed by atoms with Crippen LogP contribution in [0.4, 0.5) is 0 Å². The first-order valence-electron chi connectivity index (χ1n) is 9.56. The Morgan fingerprint density at radius 2 is 1.97 bits per heavy atom. The van der Waals surface area contributed by atoms with Crippen molar-refractivity contribution in [3.8, 4) is 0 Å². The first kappa shape index (κ1) is 17.6. The van der Waals surface area contributed by atoms with Gasteiger partial charge in [-0.2, -0.15) is 0 Å². The molecule has 0 radical (unpaired) electrons. The molecule has 1 N–H and O–H groups in total. The van der Waals surface area contributed by atoms with Crippen LogP contribution in [0.15, 0.2) is 53.7 Å². The number of benzene rings is 1. The number of β-lactam (4-membered cyclic amide) rings is 1. The second-order valence-corrected chi connectivity index (χ2v) is 7.72. The number of nitrogens with zero attached hydrogens (tertiary/aromatic N) is 3. The first-order valence-corrected chi connectivity index (χ1v) is 9.56. The van der Waals surface area contributed by atoms with Gasteiger partial charge in [0.15, 0.2) is 0 Å². The second kappa shape index (κ2) is 6.27. The summed E-state index contributed by atoms with van der Waals surface area (Å²) in [6.45, 7) is 1.93. The number of rotatable bonds is 3. The van der Waals surface area contributed by atoms with Crippen LogP contribution in [-0.2, 0) is 14.4 Å². The standard InChI is InChI=1S/C22H19N3O4/c1-12(26)24-11-15-10-14(19(22(28)29)25-18(15)20(24)21(25)27)7-9-16-8-6-13-4-2-3-5-17(13)23-16/h2-9,15,18,20H,10-11H2,1H3,(H,28,29)/b9-7+/t15?,18-,20?/m1/s1. The van der Waals surface area contributed by atoms with Crippen LogP contribution in [0.2, 0.25) is 0 Å². The lowest BCUT2D eigenvalue weighted by Gasteiger charge is -2.49. The number of allylic oxidation sites excluding steroid dienone is 2. The third-order valence-electron chi connectivity index (χ3n) is 6.07. The number of fused-ring (bicyclic) bond motifs is 1. The van der Waals surface area contributed by atoms with Gasteiger partial charge in [-0.05, 0) is 30.2 Å². The largest absolute Gasteiger partial charge is 0.477 e. The molecule has 0 aliphatic carbocycles. The zero-order valence-electron chi connectivity index (χ0n) is 15.8. The number of hydrogen-bond donors (Lipinski definition) is 1. The maximum Gasteiger partial charge on any atom is 0.352 e. The Labute approximate surface area is 166 Å². The van der Waals surface area contributed by atoms with E-state index in [1.165, 1.54) is 11.8 Å². The van der Waals surface area contributed by atoms with E-state index in [1.54, 1.807) is 17.1 Å². The molecule has 29 heavy (non-hydrogen) atoms. The van der Waals surface area contributed by atoms with E-state index in [2.05, 4.69) is 4.98 Å². The van der Waals surface area contributed by atoms with Gasteiger partial charge in [0.2, 0.25) is 5.91 Å². The molecule has 2 fully saturated rings. The number of likely N-dealkylation sites (tertiary alicyclic amines) is 1. The molecular formula is C22H19N3O4. The number of carboxylic acid groups (broad SMARTS) is 1. The fraction of sp³-hybridized carbons (Fsp3) is 0.273. The van der Waals surface area contributed by atoms with Gasteiger partial charge < -0.3 is 10.0 Å². The lowest BCUT2D eigenvalue weighted by molar-refractivity contribution is -0.159. The average molecular weight is 389 g/mol. The third kappa shape index (κ3) is 2.57. The lowest BCUT2D eigenvalue weighted by atomic mass is 9.79. The molecule has 7 nitrogen and oxygen atoms in total. The van der Waals surface area contributed by atoms with Crippen LogP contribution in [-0.4, -0.2) is 56.3 Å². The highest BCUT2D eigenvalue weighted by atomic mass is 16.4. The highest BCUT2D eigenvalue weighted by Crippen LogP contribution is 2.47. The van der Waals surface area contributed by atoms with E-state index in [4.69, 9.17) is 0 Å². The van der Waals surface area contributed by atoms with E-state index >= 15 is 0 Å². The van der Waals surface area contributed by atoms with Crippen LogP contribution < -0.4 is 0 Å². The Balaban J connectivity index is 1.50. The summed E-state index contributed by atoms with van der Waals surface area (Å²) in [5, 5.41) is 10.8. The smallest absolute Gasteiger partial charge is 0.352 e. The molecule has 0 saturated carbocycles. The van der Waals surface area contributed by atoms with Crippen LogP contribution in [0.1, 0.15) is 19.0 Å². The number of carboxylic acids is 1. The monoisotopic (exact) mass is 389 g/mol. The van der Waals surface area contributed by atoms with Gasteiger partial charge >= 0.3 is 5.97 Å². The van der Waals surface area contributed by atoms with Crippen LogP contribution in [0.25, 0.3) is 17.0 Å². The number of pyridine rings is 1. The van der Waals surface area contributed by atoms with Crippen LogP contribution in [0, 0.1) is 5.92 Å². The number of aromatic nitrogens is 1. The molecule has 2 unspecified atom stereocenters. The fourth-order valence-electron chi connectivity index (χ4n) is 4.81. The molecule has 0 spiro atoms. The quantitative estimate of drug-likeness (QED) is 0.812. The predicted octanol–water partition coefficient (Wildman–Crippen LogP) is 2.05. The van der Waals surface area contributed by atoms with Crippen molar-refractivity contribution in [1.29, 1.82) is 0 Å². The van der Waals surface area contributed by atoms with Crippen LogP contribution >= 0.6 is 0 Å². The van der Waals surface area contributed by atoms with Crippen molar-refractivity contribution in [2.75, 3.05) is 6.54 Å². The second-order valence-electron chi connectivity index (χ2n) is 7.72. The topological polar surface area (TPSA) is 90.8 Å². The van der Waals surface area contributed by atoms with Gasteiger partial charge in [0.1, 0.15) is 11.7 Å². The van der Waals surface area contributed by atoms with Crippen molar-refractivity contribution < 1.29 is 19.5 Å². The molecule has 3 aliphatic rings. The SMILES string of the molecule is CC(=O)N1CC2CC(/C=C/c3ccc4ccccc4n3)=C(C(=O)O)N3C(=O)C1[C@@H]23. The maximum absolute atomic E-state index is 12.6. The van der Waals surface area contributed by atoms with Gasteiger partial charge in [0, 0.05) is 24.8 Å². The average Bonchev–Trinajstić information content (AvgIpc) is 3.08. The molecule has 7 heteroatoms. The zero-order chi connectivity index (χ0) is 20.3. The summed E-state index contributed by atoms with van der Waals surface area (Å²) >= 11 is 0. The Kier molecular flexibility index (Phi) is 3.81.